The number of hydrogen-bond acceptors (Lipinski definition) is 6. The van der Waals surface area contributed by atoms with E-state index in [0.717, 1.165) is 54.4 Å². The molecule has 0 atom stereocenters. The van der Waals surface area contributed by atoms with Crippen molar-refractivity contribution in [3.8, 4) is 5.75 Å². The lowest BCUT2D eigenvalue weighted by atomic mass is 10.1. The van der Waals surface area contributed by atoms with Crippen molar-refractivity contribution < 1.29 is 4.74 Å². The molecule has 0 aliphatic carbocycles. The first-order valence-corrected chi connectivity index (χ1v) is 10.5. The van der Waals surface area contributed by atoms with Crippen LogP contribution < -0.4 is 20.7 Å². The number of anilines is 4. The zero-order valence-electron chi connectivity index (χ0n) is 18.2. The van der Waals surface area contributed by atoms with Gasteiger partial charge in [-0.05, 0) is 88.2 Å². The summed E-state index contributed by atoms with van der Waals surface area (Å²) in [5, 5.41) is 10.1. The average Bonchev–Trinajstić information content (AvgIpc) is 2.76. The summed E-state index contributed by atoms with van der Waals surface area (Å²) in [4.78, 5) is 9.11. The van der Waals surface area contributed by atoms with Gasteiger partial charge in [-0.2, -0.15) is 4.98 Å². The van der Waals surface area contributed by atoms with Crippen molar-refractivity contribution in [2.24, 2.45) is 0 Å². The summed E-state index contributed by atoms with van der Waals surface area (Å²) in [6, 6.07) is 14.2. The van der Waals surface area contributed by atoms with Crippen LogP contribution in [-0.4, -0.2) is 29.2 Å². The Morgan fingerprint density at radius 3 is 2.42 bits per heavy atom. The van der Waals surface area contributed by atoms with Gasteiger partial charge in [-0.25, -0.2) is 4.98 Å². The highest BCUT2D eigenvalue weighted by Gasteiger charge is 2.14. The van der Waals surface area contributed by atoms with Gasteiger partial charge in [0.05, 0.1) is 0 Å². The third-order valence-corrected chi connectivity index (χ3v) is 5.53. The summed E-state index contributed by atoms with van der Waals surface area (Å²) >= 11 is 0. The Morgan fingerprint density at radius 1 is 0.935 bits per heavy atom. The van der Waals surface area contributed by atoms with E-state index in [0.29, 0.717) is 12.1 Å². The van der Waals surface area contributed by atoms with E-state index in [-0.39, 0.29) is 12.4 Å². The zero-order valence-corrected chi connectivity index (χ0v) is 19.1. The molecule has 1 aliphatic rings. The third kappa shape index (κ3) is 5.87. The average molecular weight is 440 g/mol. The van der Waals surface area contributed by atoms with E-state index in [1.54, 1.807) is 0 Å². The Balaban J connectivity index is 0.00000272. The quantitative estimate of drug-likeness (QED) is 0.475. The van der Waals surface area contributed by atoms with Crippen molar-refractivity contribution in [2.45, 2.75) is 39.7 Å². The van der Waals surface area contributed by atoms with Crippen molar-refractivity contribution in [1.29, 1.82) is 0 Å². The molecule has 0 amide bonds. The van der Waals surface area contributed by atoms with Crippen LogP contribution in [0, 0.1) is 20.8 Å². The van der Waals surface area contributed by atoms with Crippen LogP contribution in [0.1, 0.15) is 29.5 Å². The van der Waals surface area contributed by atoms with Gasteiger partial charge < -0.3 is 20.7 Å². The maximum atomic E-state index is 6.07. The monoisotopic (exact) mass is 439 g/mol. The van der Waals surface area contributed by atoms with E-state index in [1.165, 1.54) is 11.1 Å². The van der Waals surface area contributed by atoms with E-state index in [1.807, 2.05) is 43.5 Å². The smallest absolute Gasteiger partial charge is 0.229 e. The van der Waals surface area contributed by atoms with E-state index >= 15 is 0 Å². The highest BCUT2D eigenvalue weighted by Crippen LogP contribution is 2.25. The molecule has 0 bridgehead atoms. The number of nitrogens with one attached hydrogen (secondary N) is 3. The fourth-order valence-electron chi connectivity index (χ4n) is 3.49. The van der Waals surface area contributed by atoms with Crippen LogP contribution in [-0.2, 0) is 0 Å². The summed E-state index contributed by atoms with van der Waals surface area (Å²) in [5.41, 5.74) is 5.44. The van der Waals surface area contributed by atoms with Crippen LogP contribution in [0.2, 0.25) is 0 Å². The molecule has 1 fully saturated rings. The minimum atomic E-state index is 0. The van der Waals surface area contributed by atoms with Gasteiger partial charge in [-0.1, -0.05) is 12.1 Å². The zero-order chi connectivity index (χ0) is 20.9. The standard InChI is InChI=1S/C24H29N5O.ClH/c1-16-5-4-6-22(18(16)3)28-23-17(2)15-26-24(29-23)27-19-7-9-20(10-8-19)30-21-11-13-25-14-12-21;/h4-10,15,21,25H,11-14H2,1-3H3,(H2,26,27,28,29);1H. The molecule has 2 aromatic carbocycles. The van der Waals surface area contributed by atoms with Crippen LogP contribution in [0.3, 0.4) is 0 Å². The molecule has 7 heteroatoms. The van der Waals surface area contributed by atoms with E-state index in [2.05, 4.69) is 51.9 Å². The molecular formula is C24H30ClN5O. The van der Waals surface area contributed by atoms with Gasteiger partial charge in [0.15, 0.2) is 0 Å². The second-order valence-electron chi connectivity index (χ2n) is 7.81. The Kier molecular flexibility index (Phi) is 7.71. The van der Waals surface area contributed by atoms with Gasteiger partial charge in [0.1, 0.15) is 17.7 Å². The maximum Gasteiger partial charge on any atom is 0.229 e. The number of benzene rings is 2. The Morgan fingerprint density at radius 2 is 1.68 bits per heavy atom. The van der Waals surface area contributed by atoms with E-state index in [4.69, 9.17) is 4.74 Å². The number of halogens is 1. The molecule has 3 aromatic rings. The highest BCUT2D eigenvalue weighted by molar-refractivity contribution is 5.85. The minimum Gasteiger partial charge on any atom is -0.490 e. The SMILES string of the molecule is Cc1cnc(Nc2ccc(OC3CCNCC3)cc2)nc1Nc1cccc(C)c1C.Cl. The normalized spacial score (nSPS) is 13.9. The second kappa shape index (κ2) is 10.5. The molecule has 0 radical (unpaired) electrons. The number of ether oxygens (including phenoxy) is 1. The lowest BCUT2D eigenvalue weighted by molar-refractivity contribution is 0.162. The van der Waals surface area contributed by atoms with Crippen molar-refractivity contribution in [1.82, 2.24) is 15.3 Å². The topological polar surface area (TPSA) is 71.1 Å². The van der Waals surface area contributed by atoms with Crippen molar-refractivity contribution >= 4 is 35.5 Å². The van der Waals surface area contributed by atoms with Crippen LogP contribution >= 0.6 is 12.4 Å². The van der Waals surface area contributed by atoms with Gasteiger partial charge in [0, 0.05) is 23.1 Å². The lowest BCUT2D eigenvalue weighted by Gasteiger charge is -2.23. The molecule has 164 valence electrons. The third-order valence-electron chi connectivity index (χ3n) is 5.53. The van der Waals surface area contributed by atoms with Crippen molar-refractivity contribution in [2.75, 3.05) is 23.7 Å². The molecule has 2 heterocycles. The number of aryl methyl sites for hydroxylation is 2. The molecule has 1 saturated heterocycles. The molecular weight excluding hydrogens is 410 g/mol. The summed E-state index contributed by atoms with van der Waals surface area (Å²) in [5.74, 6) is 2.25. The predicted octanol–water partition coefficient (Wildman–Crippen LogP) is 5.44. The fraction of sp³-hybridized carbons (Fsp3) is 0.333. The lowest BCUT2D eigenvalue weighted by Crippen LogP contribution is -2.34. The molecule has 1 aliphatic heterocycles. The second-order valence-corrected chi connectivity index (χ2v) is 7.81. The van der Waals surface area contributed by atoms with Gasteiger partial charge in [0.2, 0.25) is 5.95 Å². The summed E-state index contributed by atoms with van der Waals surface area (Å²) in [6.45, 7) is 8.27. The van der Waals surface area contributed by atoms with Gasteiger partial charge in [-0.3, -0.25) is 0 Å². The molecule has 6 nitrogen and oxygen atoms in total. The van der Waals surface area contributed by atoms with Crippen molar-refractivity contribution in [3.63, 3.8) is 0 Å². The Bertz CT molecular complexity index is 1000. The minimum absolute atomic E-state index is 0. The molecule has 0 spiro atoms. The van der Waals surface area contributed by atoms with Gasteiger partial charge in [-0.15, -0.1) is 12.4 Å². The molecule has 4 rings (SSSR count). The Hall–Kier alpha value is -2.83. The van der Waals surface area contributed by atoms with Gasteiger partial charge in [0.25, 0.3) is 0 Å². The fourth-order valence-corrected chi connectivity index (χ4v) is 3.49. The molecule has 0 saturated carbocycles. The van der Waals surface area contributed by atoms with Crippen LogP contribution in [0.25, 0.3) is 0 Å². The molecule has 1 aromatic heterocycles. The number of piperidine rings is 1. The van der Waals surface area contributed by atoms with E-state index < -0.39 is 0 Å². The first-order valence-electron chi connectivity index (χ1n) is 10.5. The maximum absolute atomic E-state index is 6.07. The molecule has 0 unspecified atom stereocenters. The van der Waals surface area contributed by atoms with E-state index in [9.17, 15) is 0 Å². The number of rotatable bonds is 6. The number of aromatic nitrogens is 2. The van der Waals surface area contributed by atoms with Crippen molar-refractivity contribution in [3.05, 3.63) is 65.4 Å². The highest BCUT2D eigenvalue weighted by atomic mass is 35.5. The number of hydrogen-bond donors (Lipinski definition) is 3. The largest absolute Gasteiger partial charge is 0.490 e. The number of nitrogens with zero attached hydrogens (tertiary/aromatic N) is 2. The summed E-state index contributed by atoms with van der Waals surface area (Å²) < 4.78 is 6.07. The summed E-state index contributed by atoms with van der Waals surface area (Å²) in [6.07, 6.45) is 4.22. The summed E-state index contributed by atoms with van der Waals surface area (Å²) in [7, 11) is 0. The molecule has 3 N–H and O–H groups in total. The molecule has 31 heavy (non-hydrogen) atoms. The Labute approximate surface area is 190 Å². The first kappa shape index (κ1) is 22.8. The van der Waals surface area contributed by atoms with Gasteiger partial charge >= 0.3 is 0 Å². The first-order chi connectivity index (χ1) is 14.6. The predicted molar refractivity (Wildman–Crippen MR) is 129 cm³/mol. The van der Waals surface area contributed by atoms with Crippen LogP contribution in [0.5, 0.6) is 5.75 Å². The van der Waals surface area contributed by atoms with Crippen LogP contribution in [0.4, 0.5) is 23.1 Å². The van der Waals surface area contributed by atoms with Crippen LogP contribution in [0.15, 0.2) is 48.7 Å².